The first-order valence-electron chi connectivity index (χ1n) is 6.61. The normalized spacial score (nSPS) is 22.1. The maximum absolute atomic E-state index is 4.70. The summed E-state index contributed by atoms with van der Waals surface area (Å²) < 4.78 is 2.16. The van der Waals surface area contributed by atoms with Gasteiger partial charge in [0.1, 0.15) is 0 Å². The third-order valence-electron chi connectivity index (χ3n) is 4.11. The van der Waals surface area contributed by atoms with Gasteiger partial charge >= 0.3 is 0 Å². The summed E-state index contributed by atoms with van der Waals surface area (Å²) >= 11 is 0. The molecule has 3 heteroatoms. The quantitative estimate of drug-likeness (QED) is 0.784. The molecule has 1 N–H and O–H groups in total. The van der Waals surface area contributed by atoms with Gasteiger partial charge in [0.25, 0.3) is 0 Å². The summed E-state index contributed by atoms with van der Waals surface area (Å²) in [6, 6.07) is 0. The van der Waals surface area contributed by atoms with Crippen molar-refractivity contribution in [2.24, 2.45) is 7.05 Å². The highest BCUT2D eigenvalue weighted by Gasteiger charge is 2.26. The molecule has 3 nitrogen and oxygen atoms in total. The Balaban J connectivity index is 1.95. The monoisotopic (exact) mass is 219 g/mol. The van der Waals surface area contributed by atoms with Crippen molar-refractivity contribution in [1.82, 2.24) is 15.1 Å². The fourth-order valence-electron chi connectivity index (χ4n) is 3.34. The summed E-state index contributed by atoms with van der Waals surface area (Å²) in [7, 11) is 2.13. The summed E-state index contributed by atoms with van der Waals surface area (Å²) in [4.78, 5) is 0. The second-order valence-corrected chi connectivity index (χ2v) is 5.20. The highest BCUT2D eigenvalue weighted by atomic mass is 15.3. The summed E-state index contributed by atoms with van der Waals surface area (Å²) in [6.07, 6.45) is 8.07. The van der Waals surface area contributed by atoms with Gasteiger partial charge in [0.15, 0.2) is 0 Å². The van der Waals surface area contributed by atoms with Crippen LogP contribution in [-0.2, 0) is 20.0 Å². The molecule has 0 bridgehead atoms. The molecule has 1 aromatic rings. The van der Waals surface area contributed by atoms with Crippen LogP contribution in [0, 0.1) is 0 Å². The van der Waals surface area contributed by atoms with Crippen molar-refractivity contribution in [2.45, 2.75) is 51.0 Å². The van der Waals surface area contributed by atoms with Crippen molar-refractivity contribution < 1.29 is 0 Å². The molecule has 2 heterocycles. The first-order chi connectivity index (χ1) is 7.86. The molecule has 1 aromatic heterocycles. The molecule has 88 valence electrons. The molecular weight excluding hydrogens is 198 g/mol. The molecule has 0 saturated heterocycles. The lowest BCUT2D eigenvalue weighted by molar-refractivity contribution is 0.421. The Morgan fingerprint density at radius 1 is 1.25 bits per heavy atom. The summed E-state index contributed by atoms with van der Waals surface area (Å²) in [5.41, 5.74) is 4.39. The Morgan fingerprint density at radius 3 is 2.88 bits per heavy atom. The molecule has 0 atom stereocenters. The van der Waals surface area contributed by atoms with Gasteiger partial charge < -0.3 is 5.32 Å². The maximum atomic E-state index is 4.70. The highest BCUT2D eigenvalue weighted by Crippen LogP contribution is 2.35. The molecule has 0 spiro atoms. The van der Waals surface area contributed by atoms with Crippen LogP contribution >= 0.6 is 0 Å². The Hall–Kier alpha value is -0.830. The zero-order valence-electron chi connectivity index (χ0n) is 10.1. The van der Waals surface area contributed by atoms with Gasteiger partial charge in [0.2, 0.25) is 0 Å². The van der Waals surface area contributed by atoms with E-state index in [4.69, 9.17) is 5.10 Å². The van der Waals surface area contributed by atoms with Crippen LogP contribution in [-0.4, -0.2) is 16.3 Å². The number of rotatable bonds is 1. The molecule has 0 unspecified atom stereocenters. The zero-order valence-corrected chi connectivity index (χ0v) is 10.1. The topological polar surface area (TPSA) is 29.9 Å². The molecule has 0 amide bonds. The number of aromatic nitrogens is 2. The van der Waals surface area contributed by atoms with Crippen molar-refractivity contribution in [2.75, 3.05) is 6.54 Å². The Morgan fingerprint density at radius 2 is 2.06 bits per heavy atom. The molecule has 16 heavy (non-hydrogen) atoms. The van der Waals surface area contributed by atoms with E-state index in [1.165, 1.54) is 49.1 Å². The van der Waals surface area contributed by atoms with Crippen LogP contribution in [0.3, 0.4) is 0 Å². The Kier molecular flexibility index (Phi) is 2.72. The average Bonchev–Trinajstić information content (AvgIpc) is 2.66. The number of nitrogens with zero attached hydrogens (tertiary/aromatic N) is 2. The summed E-state index contributed by atoms with van der Waals surface area (Å²) in [6.45, 7) is 2.13. The second kappa shape index (κ2) is 4.21. The van der Waals surface area contributed by atoms with E-state index in [2.05, 4.69) is 17.0 Å². The third kappa shape index (κ3) is 1.67. The van der Waals surface area contributed by atoms with Crippen LogP contribution in [0.2, 0.25) is 0 Å². The van der Waals surface area contributed by atoms with Gasteiger partial charge in [-0.1, -0.05) is 19.3 Å². The molecule has 1 aliphatic carbocycles. The van der Waals surface area contributed by atoms with E-state index in [-0.39, 0.29) is 0 Å². The molecule has 1 aliphatic heterocycles. The number of fused-ring (bicyclic) bond motifs is 1. The molecular formula is C13H21N3. The minimum atomic E-state index is 0.773. The number of hydrogen-bond acceptors (Lipinski definition) is 2. The molecule has 1 saturated carbocycles. The van der Waals surface area contributed by atoms with Gasteiger partial charge in [-0.2, -0.15) is 5.10 Å². The average molecular weight is 219 g/mol. The maximum Gasteiger partial charge on any atom is 0.0685 e. The van der Waals surface area contributed by atoms with Crippen molar-refractivity contribution in [3.05, 3.63) is 17.0 Å². The van der Waals surface area contributed by atoms with Crippen LogP contribution in [0.4, 0.5) is 0 Å². The van der Waals surface area contributed by atoms with E-state index in [9.17, 15) is 0 Å². The summed E-state index contributed by atoms with van der Waals surface area (Å²) in [5, 5.41) is 8.18. The first kappa shape index (κ1) is 10.3. The Bertz CT molecular complexity index is 375. The molecule has 2 aliphatic rings. The first-order valence-corrected chi connectivity index (χ1v) is 6.61. The SMILES string of the molecule is Cn1nc2c(c1C1CCCCC1)CNCC2. The van der Waals surface area contributed by atoms with Crippen LogP contribution in [0.1, 0.15) is 55.0 Å². The standard InChI is InChI=1S/C13H21N3/c1-16-13(10-5-3-2-4-6-10)11-9-14-8-7-12(11)15-16/h10,14H,2-9H2,1H3. The van der Waals surface area contributed by atoms with Crippen molar-refractivity contribution in [1.29, 1.82) is 0 Å². The van der Waals surface area contributed by atoms with Crippen molar-refractivity contribution >= 4 is 0 Å². The lowest BCUT2D eigenvalue weighted by Gasteiger charge is -2.24. The molecule has 0 aromatic carbocycles. The van der Waals surface area contributed by atoms with Crippen LogP contribution in [0.25, 0.3) is 0 Å². The molecule has 1 fully saturated rings. The number of nitrogens with one attached hydrogen (secondary N) is 1. The van der Waals surface area contributed by atoms with E-state index in [1.807, 2.05) is 0 Å². The highest BCUT2D eigenvalue weighted by molar-refractivity contribution is 5.31. The van der Waals surface area contributed by atoms with Crippen molar-refractivity contribution in [3.8, 4) is 0 Å². The van der Waals surface area contributed by atoms with Gasteiger partial charge in [0.05, 0.1) is 5.69 Å². The molecule has 3 rings (SSSR count). The lowest BCUT2D eigenvalue weighted by Crippen LogP contribution is -2.24. The summed E-state index contributed by atoms with van der Waals surface area (Å²) in [5.74, 6) is 0.773. The minimum absolute atomic E-state index is 0.773. The van der Waals surface area contributed by atoms with Gasteiger partial charge in [0, 0.05) is 43.7 Å². The minimum Gasteiger partial charge on any atom is -0.312 e. The zero-order chi connectivity index (χ0) is 11.0. The van der Waals surface area contributed by atoms with Gasteiger partial charge in [-0.25, -0.2) is 0 Å². The predicted octanol–water partition coefficient (Wildman–Crippen LogP) is 2.11. The van der Waals surface area contributed by atoms with Gasteiger partial charge in [-0.05, 0) is 12.8 Å². The second-order valence-electron chi connectivity index (χ2n) is 5.20. The van der Waals surface area contributed by atoms with E-state index in [0.29, 0.717) is 0 Å². The van der Waals surface area contributed by atoms with Crippen molar-refractivity contribution in [3.63, 3.8) is 0 Å². The number of hydrogen-bond donors (Lipinski definition) is 1. The largest absolute Gasteiger partial charge is 0.312 e. The Labute approximate surface area is 97.2 Å². The fraction of sp³-hybridized carbons (Fsp3) is 0.769. The van der Waals surface area contributed by atoms with Crippen LogP contribution in [0.15, 0.2) is 0 Å². The predicted molar refractivity (Wildman–Crippen MR) is 64.4 cm³/mol. The van der Waals surface area contributed by atoms with Crippen LogP contribution in [0.5, 0.6) is 0 Å². The van der Waals surface area contributed by atoms with E-state index >= 15 is 0 Å². The molecule has 0 radical (unpaired) electrons. The third-order valence-corrected chi connectivity index (χ3v) is 4.11. The lowest BCUT2D eigenvalue weighted by atomic mass is 9.84. The van der Waals surface area contributed by atoms with E-state index in [1.54, 1.807) is 0 Å². The van der Waals surface area contributed by atoms with E-state index in [0.717, 1.165) is 25.4 Å². The van der Waals surface area contributed by atoms with Gasteiger partial charge in [-0.15, -0.1) is 0 Å². The smallest absolute Gasteiger partial charge is 0.0685 e. The fourth-order valence-corrected chi connectivity index (χ4v) is 3.34. The number of aryl methyl sites for hydroxylation is 1. The van der Waals surface area contributed by atoms with E-state index < -0.39 is 0 Å². The van der Waals surface area contributed by atoms with Crippen LogP contribution < -0.4 is 5.32 Å². The van der Waals surface area contributed by atoms with Gasteiger partial charge in [-0.3, -0.25) is 4.68 Å².